The summed E-state index contributed by atoms with van der Waals surface area (Å²) in [5.74, 6) is -0.530. The first-order valence-corrected chi connectivity index (χ1v) is 5.42. The lowest BCUT2D eigenvalue weighted by molar-refractivity contribution is -0.384. The van der Waals surface area contributed by atoms with Gasteiger partial charge >= 0.3 is 0 Å². The van der Waals surface area contributed by atoms with E-state index in [9.17, 15) is 20.0 Å². The van der Waals surface area contributed by atoms with Crippen LogP contribution < -0.4 is 0 Å². The molecule has 0 aliphatic carbocycles. The number of nitrogens with zero attached hydrogens (tertiary/aromatic N) is 1. The molecule has 1 aromatic carbocycles. The summed E-state index contributed by atoms with van der Waals surface area (Å²) in [4.78, 5) is 21.4. The molecule has 0 saturated heterocycles. The van der Waals surface area contributed by atoms with Gasteiger partial charge in [0, 0.05) is 24.5 Å². The largest absolute Gasteiger partial charge is 0.388 e. The SMILES string of the molecule is CCC(=O)[C@@H](C)[C@@H](O)c1ccc([N+](=O)[O-])cc1. The predicted molar refractivity (Wildman–Crippen MR) is 62.5 cm³/mol. The summed E-state index contributed by atoms with van der Waals surface area (Å²) in [5, 5.41) is 20.4. The Labute approximate surface area is 99.2 Å². The number of aliphatic hydroxyl groups is 1. The second-order valence-corrected chi connectivity index (χ2v) is 3.90. The van der Waals surface area contributed by atoms with Crippen LogP contribution in [-0.4, -0.2) is 15.8 Å². The quantitative estimate of drug-likeness (QED) is 0.629. The highest BCUT2D eigenvalue weighted by atomic mass is 16.6. The van der Waals surface area contributed by atoms with Gasteiger partial charge in [-0.25, -0.2) is 0 Å². The summed E-state index contributed by atoms with van der Waals surface area (Å²) >= 11 is 0. The Kier molecular flexibility index (Phi) is 4.34. The van der Waals surface area contributed by atoms with Crippen molar-refractivity contribution in [3.05, 3.63) is 39.9 Å². The zero-order valence-corrected chi connectivity index (χ0v) is 9.79. The maximum Gasteiger partial charge on any atom is 0.269 e. The van der Waals surface area contributed by atoms with Crippen LogP contribution in [0, 0.1) is 16.0 Å². The topological polar surface area (TPSA) is 80.4 Å². The average molecular weight is 237 g/mol. The molecule has 1 aromatic rings. The fourth-order valence-corrected chi connectivity index (χ4v) is 1.58. The maximum atomic E-state index is 11.4. The van der Waals surface area contributed by atoms with Crippen molar-refractivity contribution < 1.29 is 14.8 Å². The van der Waals surface area contributed by atoms with Crippen LogP contribution in [0.1, 0.15) is 31.9 Å². The molecule has 92 valence electrons. The lowest BCUT2D eigenvalue weighted by atomic mass is 9.92. The van der Waals surface area contributed by atoms with E-state index in [-0.39, 0.29) is 11.5 Å². The summed E-state index contributed by atoms with van der Waals surface area (Å²) in [5.41, 5.74) is 0.486. The Balaban J connectivity index is 2.86. The average Bonchev–Trinajstić information content (AvgIpc) is 2.36. The highest BCUT2D eigenvalue weighted by Crippen LogP contribution is 2.25. The van der Waals surface area contributed by atoms with E-state index in [1.54, 1.807) is 13.8 Å². The molecule has 0 unspecified atom stereocenters. The molecule has 1 rings (SSSR count). The van der Waals surface area contributed by atoms with E-state index in [2.05, 4.69) is 0 Å². The van der Waals surface area contributed by atoms with E-state index in [1.165, 1.54) is 24.3 Å². The molecule has 5 nitrogen and oxygen atoms in total. The molecule has 0 aliphatic rings. The molecule has 0 fully saturated rings. The van der Waals surface area contributed by atoms with Crippen molar-refractivity contribution in [1.82, 2.24) is 0 Å². The third-order valence-corrected chi connectivity index (χ3v) is 2.78. The number of ketones is 1. The first-order chi connectivity index (χ1) is 7.97. The minimum Gasteiger partial charge on any atom is -0.388 e. The van der Waals surface area contributed by atoms with E-state index in [0.29, 0.717) is 12.0 Å². The Morgan fingerprint density at radius 2 is 1.94 bits per heavy atom. The Hall–Kier alpha value is -1.75. The molecule has 0 spiro atoms. The lowest BCUT2D eigenvalue weighted by Crippen LogP contribution is -2.18. The van der Waals surface area contributed by atoms with Gasteiger partial charge in [0.05, 0.1) is 11.0 Å². The Morgan fingerprint density at radius 3 is 2.35 bits per heavy atom. The fraction of sp³-hybridized carbons (Fsp3) is 0.417. The van der Waals surface area contributed by atoms with Gasteiger partial charge in [-0.1, -0.05) is 13.8 Å². The van der Waals surface area contributed by atoms with Crippen LogP contribution >= 0.6 is 0 Å². The molecule has 5 heteroatoms. The van der Waals surface area contributed by atoms with E-state index in [4.69, 9.17) is 0 Å². The molecule has 1 N–H and O–H groups in total. The predicted octanol–water partition coefficient (Wildman–Crippen LogP) is 2.24. The van der Waals surface area contributed by atoms with E-state index in [1.807, 2.05) is 0 Å². The number of hydrogen-bond acceptors (Lipinski definition) is 4. The van der Waals surface area contributed by atoms with Crippen LogP contribution in [0.3, 0.4) is 0 Å². The van der Waals surface area contributed by atoms with Crippen molar-refractivity contribution in [2.45, 2.75) is 26.4 Å². The van der Waals surface area contributed by atoms with Gasteiger partial charge in [-0.2, -0.15) is 0 Å². The van der Waals surface area contributed by atoms with Crippen molar-refractivity contribution in [3.63, 3.8) is 0 Å². The maximum absolute atomic E-state index is 11.4. The number of nitro benzene ring substituents is 1. The molecule has 0 heterocycles. The number of benzene rings is 1. The second-order valence-electron chi connectivity index (χ2n) is 3.90. The monoisotopic (exact) mass is 237 g/mol. The lowest BCUT2D eigenvalue weighted by Gasteiger charge is -2.17. The third-order valence-electron chi connectivity index (χ3n) is 2.78. The minimum absolute atomic E-state index is 0.0316. The number of nitro groups is 1. The van der Waals surface area contributed by atoms with Crippen LogP contribution in [-0.2, 0) is 4.79 Å². The van der Waals surface area contributed by atoms with Gasteiger partial charge in [0.15, 0.2) is 0 Å². The number of hydrogen-bond donors (Lipinski definition) is 1. The fourth-order valence-electron chi connectivity index (χ4n) is 1.58. The van der Waals surface area contributed by atoms with Gasteiger partial charge in [0.25, 0.3) is 5.69 Å². The zero-order chi connectivity index (χ0) is 13.0. The van der Waals surface area contributed by atoms with Crippen LogP contribution in [0.5, 0.6) is 0 Å². The van der Waals surface area contributed by atoms with Gasteiger partial charge in [-0.3, -0.25) is 14.9 Å². The molecular formula is C12H15NO4. The van der Waals surface area contributed by atoms with Gasteiger partial charge in [-0.05, 0) is 17.7 Å². The number of carbonyl (C=O) groups is 1. The summed E-state index contributed by atoms with van der Waals surface area (Å²) in [6.45, 7) is 3.39. The summed E-state index contributed by atoms with van der Waals surface area (Å²) in [6.07, 6.45) is -0.547. The van der Waals surface area contributed by atoms with Gasteiger partial charge < -0.3 is 5.11 Å². The van der Waals surface area contributed by atoms with Crippen molar-refractivity contribution in [3.8, 4) is 0 Å². The van der Waals surface area contributed by atoms with E-state index in [0.717, 1.165) is 0 Å². The molecule has 0 saturated carbocycles. The molecule has 17 heavy (non-hydrogen) atoms. The number of non-ortho nitro benzene ring substituents is 1. The first kappa shape index (κ1) is 13.3. The first-order valence-electron chi connectivity index (χ1n) is 5.42. The van der Waals surface area contributed by atoms with E-state index >= 15 is 0 Å². The number of Topliss-reactive ketones (excluding diaryl/α,β-unsaturated/α-hetero) is 1. The Bertz CT molecular complexity index is 413. The normalized spacial score (nSPS) is 14.1. The summed E-state index contributed by atoms with van der Waals surface area (Å²) in [7, 11) is 0. The third kappa shape index (κ3) is 3.10. The standard InChI is InChI=1S/C12H15NO4/c1-3-11(14)8(2)12(15)9-4-6-10(7-5-9)13(16)17/h4-8,12,15H,3H2,1-2H3/t8-,12-/m1/s1. The molecule has 0 aliphatic heterocycles. The summed E-state index contributed by atoms with van der Waals surface area (Å²) in [6, 6.07) is 5.59. The number of aliphatic hydroxyl groups excluding tert-OH is 1. The van der Waals surface area contributed by atoms with Crippen molar-refractivity contribution in [2.75, 3.05) is 0 Å². The minimum atomic E-state index is -0.914. The molecule has 0 bridgehead atoms. The van der Waals surface area contributed by atoms with Gasteiger partial charge in [0.1, 0.15) is 5.78 Å². The smallest absolute Gasteiger partial charge is 0.269 e. The number of carbonyl (C=O) groups excluding carboxylic acids is 1. The van der Waals surface area contributed by atoms with Crippen LogP contribution in [0.25, 0.3) is 0 Å². The molecule has 0 radical (unpaired) electrons. The highest BCUT2D eigenvalue weighted by Gasteiger charge is 2.22. The molecule has 0 aromatic heterocycles. The van der Waals surface area contributed by atoms with Crippen molar-refractivity contribution in [2.24, 2.45) is 5.92 Å². The van der Waals surface area contributed by atoms with E-state index < -0.39 is 16.9 Å². The van der Waals surface area contributed by atoms with Gasteiger partial charge in [0.2, 0.25) is 0 Å². The van der Waals surface area contributed by atoms with Crippen molar-refractivity contribution in [1.29, 1.82) is 0 Å². The molecule has 2 atom stereocenters. The van der Waals surface area contributed by atoms with Crippen LogP contribution in [0.2, 0.25) is 0 Å². The van der Waals surface area contributed by atoms with Crippen molar-refractivity contribution >= 4 is 11.5 Å². The highest BCUT2D eigenvalue weighted by molar-refractivity contribution is 5.81. The molecule has 0 amide bonds. The molecular weight excluding hydrogens is 222 g/mol. The summed E-state index contributed by atoms with van der Waals surface area (Å²) < 4.78 is 0. The van der Waals surface area contributed by atoms with Gasteiger partial charge in [-0.15, -0.1) is 0 Å². The second kappa shape index (κ2) is 5.54. The van der Waals surface area contributed by atoms with Crippen LogP contribution in [0.15, 0.2) is 24.3 Å². The van der Waals surface area contributed by atoms with Crippen LogP contribution in [0.4, 0.5) is 5.69 Å². The zero-order valence-electron chi connectivity index (χ0n) is 9.79. The number of rotatable bonds is 5. The Morgan fingerprint density at radius 1 is 1.41 bits per heavy atom.